The molecule has 8 aromatic rings. The molecule has 1 aliphatic heterocycles. The first kappa shape index (κ1) is 24.6. The van der Waals surface area contributed by atoms with Gasteiger partial charge in [0.1, 0.15) is 0 Å². The van der Waals surface area contributed by atoms with Crippen molar-refractivity contribution in [3.8, 4) is 0 Å². The average Bonchev–Trinajstić information content (AvgIpc) is 3.07. The molecule has 4 nitrogen and oxygen atoms in total. The molecule has 0 fully saturated rings. The van der Waals surface area contributed by atoms with Crippen LogP contribution in [0.4, 0.5) is 11.4 Å². The maximum Gasteiger partial charge on any atom is 0.0819 e. The van der Waals surface area contributed by atoms with Crippen LogP contribution in [0.2, 0.25) is 0 Å². The minimum absolute atomic E-state index is 0.820. The van der Waals surface area contributed by atoms with Gasteiger partial charge in [-0.2, -0.15) is 0 Å². The molecular weight excluding hydrogens is 536 g/mol. The van der Waals surface area contributed by atoms with Crippen LogP contribution < -0.4 is 0 Å². The molecule has 204 valence electrons. The Morgan fingerprint density at radius 1 is 0.341 bits per heavy atom. The number of aromatic nitrogens is 2. The van der Waals surface area contributed by atoms with Gasteiger partial charge in [-0.1, -0.05) is 72.8 Å². The van der Waals surface area contributed by atoms with Gasteiger partial charge in [0.05, 0.1) is 22.8 Å². The number of benzene rings is 6. The van der Waals surface area contributed by atoms with E-state index in [0.29, 0.717) is 0 Å². The third-order valence-electron chi connectivity index (χ3n) is 8.53. The molecule has 0 spiro atoms. The molecule has 0 N–H and O–H groups in total. The Balaban J connectivity index is 1.24. The van der Waals surface area contributed by atoms with Gasteiger partial charge in [-0.3, -0.25) is 9.97 Å². The molecule has 0 saturated heterocycles. The minimum Gasteiger partial charge on any atom is -0.264 e. The summed E-state index contributed by atoms with van der Waals surface area (Å²) in [5.74, 6) is 0. The van der Waals surface area contributed by atoms with Crippen molar-refractivity contribution in [3.63, 3.8) is 0 Å². The lowest BCUT2D eigenvalue weighted by Crippen LogP contribution is -2.11. The Labute approximate surface area is 253 Å². The van der Waals surface area contributed by atoms with Crippen LogP contribution in [0.3, 0.4) is 0 Å². The predicted octanol–water partition coefficient (Wildman–Crippen LogP) is 9.74. The SMILES string of the molecule is c1ccc2cc3cc(C4=Nc5ccncc5C(c5ccc6cc7ccccc7cc6c5)=Nc5ccncc54)ccc3cc2c1. The molecule has 3 heterocycles. The van der Waals surface area contributed by atoms with E-state index in [-0.39, 0.29) is 0 Å². The molecule has 2 aromatic heterocycles. The fraction of sp³-hybridized carbons (Fsp3) is 0. The number of pyridine rings is 2. The van der Waals surface area contributed by atoms with Crippen LogP contribution in [-0.4, -0.2) is 21.4 Å². The zero-order valence-electron chi connectivity index (χ0n) is 23.6. The topological polar surface area (TPSA) is 50.5 Å². The molecule has 0 bridgehead atoms. The molecule has 4 heteroatoms. The van der Waals surface area contributed by atoms with Gasteiger partial charge < -0.3 is 0 Å². The van der Waals surface area contributed by atoms with Crippen molar-refractivity contribution in [2.24, 2.45) is 9.98 Å². The van der Waals surface area contributed by atoms with Crippen LogP contribution in [0.15, 0.2) is 156 Å². The maximum atomic E-state index is 5.31. The van der Waals surface area contributed by atoms with Gasteiger partial charge in [0.2, 0.25) is 0 Å². The van der Waals surface area contributed by atoms with E-state index in [1.54, 1.807) is 12.4 Å². The van der Waals surface area contributed by atoms with Crippen LogP contribution in [0.25, 0.3) is 43.1 Å². The predicted molar refractivity (Wildman–Crippen MR) is 182 cm³/mol. The molecule has 0 atom stereocenters. The summed E-state index contributed by atoms with van der Waals surface area (Å²) in [6.45, 7) is 0. The average molecular weight is 561 g/mol. The number of aliphatic imine (C=N–C) groups is 2. The van der Waals surface area contributed by atoms with E-state index in [2.05, 4.69) is 119 Å². The molecule has 0 saturated carbocycles. The maximum absolute atomic E-state index is 5.31. The van der Waals surface area contributed by atoms with Crippen LogP contribution in [-0.2, 0) is 0 Å². The van der Waals surface area contributed by atoms with Gasteiger partial charge in [0.25, 0.3) is 0 Å². The van der Waals surface area contributed by atoms with E-state index in [9.17, 15) is 0 Å². The number of fused-ring (bicyclic) bond motifs is 6. The molecule has 0 aliphatic carbocycles. The van der Waals surface area contributed by atoms with Crippen LogP contribution >= 0.6 is 0 Å². The second kappa shape index (κ2) is 9.79. The first-order valence-electron chi connectivity index (χ1n) is 14.7. The van der Waals surface area contributed by atoms with Gasteiger partial charge in [-0.25, -0.2) is 9.98 Å². The van der Waals surface area contributed by atoms with E-state index in [1.165, 1.54) is 43.1 Å². The van der Waals surface area contributed by atoms with Crippen molar-refractivity contribution in [1.29, 1.82) is 0 Å². The third kappa shape index (κ3) is 4.08. The number of rotatable bonds is 2. The summed E-state index contributed by atoms with van der Waals surface area (Å²) in [5.41, 5.74) is 7.12. The van der Waals surface area contributed by atoms with Gasteiger partial charge in [-0.15, -0.1) is 0 Å². The van der Waals surface area contributed by atoms with Crippen molar-refractivity contribution in [2.75, 3.05) is 0 Å². The summed E-state index contributed by atoms with van der Waals surface area (Å²) in [5, 5.41) is 9.62. The van der Waals surface area contributed by atoms with Crippen molar-refractivity contribution in [3.05, 3.63) is 168 Å². The van der Waals surface area contributed by atoms with Crippen molar-refractivity contribution < 1.29 is 0 Å². The Morgan fingerprint density at radius 3 is 1.16 bits per heavy atom. The molecule has 6 aromatic carbocycles. The quantitative estimate of drug-likeness (QED) is 0.198. The zero-order chi connectivity index (χ0) is 29.0. The molecule has 0 amide bonds. The summed E-state index contributed by atoms with van der Waals surface area (Å²) in [7, 11) is 0. The van der Waals surface area contributed by atoms with Gasteiger partial charge in [-0.05, 0) is 91.6 Å². The summed E-state index contributed by atoms with van der Waals surface area (Å²) in [6, 6.07) is 42.9. The van der Waals surface area contributed by atoms with E-state index in [4.69, 9.17) is 9.98 Å². The minimum atomic E-state index is 0.820. The fourth-order valence-electron chi connectivity index (χ4n) is 6.31. The Bertz CT molecular complexity index is 2330. The second-order valence-electron chi connectivity index (χ2n) is 11.2. The monoisotopic (exact) mass is 560 g/mol. The lowest BCUT2D eigenvalue weighted by molar-refractivity contribution is 1.26. The lowest BCUT2D eigenvalue weighted by Gasteiger charge is -2.18. The van der Waals surface area contributed by atoms with Gasteiger partial charge in [0.15, 0.2) is 0 Å². The molecule has 0 radical (unpaired) electrons. The number of hydrogen-bond donors (Lipinski definition) is 0. The molecule has 0 unspecified atom stereocenters. The third-order valence-corrected chi connectivity index (χ3v) is 8.53. The summed E-state index contributed by atoms with van der Waals surface area (Å²) < 4.78 is 0. The molecule has 44 heavy (non-hydrogen) atoms. The zero-order valence-corrected chi connectivity index (χ0v) is 23.6. The van der Waals surface area contributed by atoms with Crippen LogP contribution in [0.5, 0.6) is 0 Å². The van der Waals surface area contributed by atoms with Crippen molar-refractivity contribution in [1.82, 2.24) is 9.97 Å². The van der Waals surface area contributed by atoms with Crippen LogP contribution in [0.1, 0.15) is 22.3 Å². The second-order valence-corrected chi connectivity index (χ2v) is 11.2. The lowest BCUT2D eigenvalue weighted by atomic mass is 9.94. The first-order chi connectivity index (χ1) is 21.8. The molecule has 1 aliphatic rings. The number of hydrogen-bond acceptors (Lipinski definition) is 4. The molecule has 9 rings (SSSR count). The van der Waals surface area contributed by atoms with Gasteiger partial charge in [0, 0.05) is 47.0 Å². The van der Waals surface area contributed by atoms with Crippen LogP contribution in [0, 0.1) is 0 Å². The van der Waals surface area contributed by atoms with Crippen molar-refractivity contribution >= 4 is 65.9 Å². The van der Waals surface area contributed by atoms with E-state index < -0.39 is 0 Å². The highest BCUT2D eigenvalue weighted by Crippen LogP contribution is 2.34. The van der Waals surface area contributed by atoms with Gasteiger partial charge >= 0.3 is 0 Å². The highest BCUT2D eigenvalue weighted by Gasteiger charge is 2.21. The summed E-state index contributed by atoms with van der Waals surface area (Å²) in [6.07, 6.45) is 7.34. The van der Waals surface area contributed by atoms with E-state index >= 15 is 0 Å². The summed E-state index contributed by atoms with van der Waals surface area (Å²) >= 11 is 0. The van der Waals surface area contributed by atoms with Crippen molar-refractivity contribution in [2.45, 2.75) is 0 Å². The smallest absolute Gasteiger partial charge is 0.0819 e. The highest BCUT2D eigenvalue weighted by atomic mass is 14.9. The standard InChI is InChI=1S/C40H24N4/c1-3-7-27-19-33-21-31(11-9-29(33)17-25(27)5-1)39-35-23-41-15-13-37(35)44-40(36-24-42-16-14-38(36)43-39)32-12-10-30-18-26-6-2-4-8-28(26)20-34(30)22-32/h1-24H. The normalized spacial score (nSPS) is 12.8. The summed E-state index contributed by atoms with van der Waals surface area (Å²) in [4.78, 5) is 19.7. The Morgan fingerprint density at radius 2 is 0.727 bits per heavy atom. The highest BCUT2D eigenvalue weighted by molar-refractivity contribution is 6.23. The Kier molecular flexibility index (Phi) is 5.47. The van der Waals surface area contributed by atoms with E-state index in [0.717, 1.165) is 45.1 Å². The Hall–Kier alpha value is -6.00. The fourth-order valence-corrected chi connectivity index (χ4v) is 6.31. The largest absolute Gasteiger partial charge is 0.264 e. The molecular formula is C40H24N4. The first-order valence-corrected chi connectivity index (χ1v) is 14.7. The number of nitrogens with zero attached hydrogens (tertiary/aromatic N) is 4. The van der Waals surface area contributed by atoms with E-state index in [1.807, 2.05) is 24.5 Å².